The minimum atomic E-state index is -3.42. The molecule has 0 saturated carbocycles. The van der Waals surface area contributed by atoms with E-state index in [0.29, 0.717) is 38.3 Å². The van der Waals surface area contributed by atoms with Gasteiger partial charge in [-0.1, -0.05) is 23.8 Å². The Morgan fingerprint density at radius 3 is 2.20 bits per heavy atom. The van der Waals surface area contributed by atoms with E-state index in [4.69, 9.17) is 9.47 Å². The molecule has 2 aliphatic heterocycles. The summed E-state index contributed by atoms with van der Waals surface area (Å²) in [6.07, 6.45) is 7.51. The molecule has 12 nitrogen and oxygen atoms in total. The molecular formula is C31H44N4O8S. The molecule has 3 N–H and O–H groups in total. The van der Waals surface area contributed by atoms with Crippen molar-refractivity contribution >= 4 is 33.3 Å². The molecule has 3 amide bonds. The van der Waals surface area contributed by atoms with Crippen LogP contribution in [-0.2, 0) is 44.9 Å². The summed E-state index contributed by atoms with van der Waals surface area (Å²) in [6, 6.07) is 3.20. The number of rotatable bonds is 14. The highest BCUT2D eigenvalue weighted by Crippen LogP contribution is 2.31. The van der Waals surface area contributed by atoms with Gasteiger partial charge in [0.15, 0.2) is 15.6 Å². The molecule has 1 aliphatic carbocycles. The first-order valence-corrected chi connectivity index (χ1v) is 17.1. The van der Waals surface area contributed by atoms with Crippen molar-refractivity contribution in [2.24, 2.45) is 0 Å². The van der Waals surface area contributed by atoms with Crippen molar-refractivity contribution < 1.29 is 37.1 Å². The molecule has 3 aliphatic rings. The fraction of sp³-hybridized carbons (Fsp3) is 0.613. The quantitative estimate of drug-likeness (QED) is 0.198. The first kappa shape index (κ1) is 33.8. The summed E-state index contributed by atoms with van der Waals surface area (Å²) >= 11 is 0. The lowest BCUT2D eigenvalue weighted by molar-refractivity contribution is -0.134. The van der Waals surface area contributed by atoms with Crippen LogP contribution in [0.5, 0.6) is 0 Å². The Morgan fingerprint density at radius 1 is 0.955 bits per heavy atom. The minimum absolute atomic E-state index is 0.0352. The molecule has 13 heteroatoms. The van der Waals surface area contributed by atoms with E-state index in [1.54, 1.807) is 19.1 Å². The van der Waals surface area contributed by atoms with Crippen LogP contribution >= 0.6 is 0 Å². The van der Waals surface area contributed by atoms with Crippen molar-refractivity contribution in [1.29, 1.82) is 0 Å². The lowest BCUT2D eigenvalue weighted by Gasteiger charge is -2.27. The van der Waals surface area contributed by atoms with E-state index in [0.717, 1.165) is 37.5 Å². The maximum absolute atomic E-state index is 13.8. The van der Waals surface area contributed by atoms with Gasteiger partial charge in [-0.2, -0.15) is 0 Å². The van der Waals surface area contributed by atoms with Crippen LogP contribution in [0.2, 0.25) is 0 Å². The van der Waals surface area contributed by atoms with Crippen molar-refractivity contribution in [3.8, 4) is 0 Å². The third kappa shape index (κ3) is 9.68. The van der Waals surface area contributed by atoms with Gasteiger partial charge in [0.25, 0.3) is 0 Å². The Labute approximate surface area is 259 Å². The van der Waals surface area contributed by atoms with Crippen LogP contribution in [0.3, 0.4) is 0 Å². The van der Waals surface area contributed by atoms with Gasteiger partial charge in [0.2, 0.25) is 17.7 Å². The fourth-order valence-electron chi connectivity index (χ4n) is 5.38. The lowest BCUT2D eigenvalue weighted by atomic mass is 9.89. The smallest absolute Gasteiger partial charge is 0.243 e. The minimum Gasteiger partial charge on any atom is -0.379 e. The van der Waals surface area contributed by atoms with E-state index in [2.05, 4.69) is 22.0 Å². The van der Waals surface area contributed by atoms with E-state index in [9.17, 15) is 27.6 Å². The zero-order valence-electron chi connectivity index (χ0n) is 25.7. The van der Waals surface area contributed by atoms with Gasteiger partial charge in [-0.25, -0.2) is 8.42 Å². The Bertz CT molecular complexity index is 1350. The highest BCUT2D eigenvalue weighted by atomic mass is 32.2. The Balaban J connectivity index is 1.48. The first-order valence-electron chi connectivity index (χ1n) is 15.2. The number of nitrogens with zero attached hydrogens (tertiary/aromatic N) is 1. The van der Waals surface area contributed by atoms with Crippen LogP contribution in [0.15, 0.2) is 40.8 Å². The number of ketones is 1. The average Bonchev–Trinajstić information content (AvgIpc) is 3.75. The van der Waals surface area contributed by atoms with Gasteiger partial charge in [0, 0.05) is 25.8 Å². The van der Waals surface area contributed by atoms with Crippen LogP contribution in [0, 0.1) is 0 Å². The number of carbonyl (C=O) groups excluding carboxylic acids is 4. The van der Waals surface area contributed by atoms with Gasteiger partial charge in [0.1, 0.15) is 17.7 Å². The monoisotopic (exact) mass is 632 g/mol. The summed E-state index contributed by atoms with van der Waals surface area (Å²) < 4.78 is 34.6. The molecule has 0 bridgehead atoms. The molecule has 44 heavy (non-hydrogen) atoms. The number of amides is 3. The summed E-state index contributed by atoms with van der Waals surface area (Å²) in [5.74, 6) is -1.67. The molecule has 4 atom stereocenters. The van der Waals surface area contributed by atoms with Crippen LogP contribution in [0.4, 0.5) is 0 Å². The van der Waals surface area contributed by atoms with Gasteiger partial charge in [-0.3, -0.25) is 24.1 Å². The number of hydrogen-bond donors (Lipinski definition) is 3. The second kappa shape index (κ2) is 14.8. The number of hydrogen-bond acceptors (Lipinski definition) is 9. The molecule has 0 aromatic heterocycles. The highest BCUT2D eigenvalue weighted by Gasteiger charge is 2.50. The summed E-state index contributed by atoms with van der Waals surface area (Å²) in [7, 11) is -3.42. The van der Waals surface area contributed by atoms with Crippen molar-refractivity contribution in [2.75, 3.05) is 45.7 Å². The van der Waals surface area contributed by atoms with Gasteiger partial charge in [-0.15, -0.1) is 0 Å². The van der Waals surface area contributed by atoms with Crippen molar-refractivity contribution in [2.45, 2.75) is 81.0 Å². The van der Waals surface area contributed by atoms with Crippen LogP contribution < -0.4 is 16.0 Å². The van der Waals surface area contributed by atoms with Crippen LogP contribution in [0.25, 0.3) is 0 Å². The van der Waals surface area contributed by atoms with E-state index >= 15 is 0 Å². The second-order valence-electron chi connectivity index (χ2n) is 12.1. The summed E-state index contributed by atoms with van der Waals surface area (Å²) in [6.45, 7) is 5.96. The molecule has 1 aromatic rings. The third-order valence-corrected chi connectivity index (χ3v) is 9.38. The molecule has 0 unspecified atom stereocenters. The van der Waals surface area contributed by atoms with Gasteiger partial charge >= 0.3 is 0 Å². The molecule has 0 radical (unpaired) electrons. The van der Waals surface area contributed by atoms with E-state index < -0.39 is 45.4 Å². The fourth-order valence-corrected chi connectivity index (χ4v) is 6.01. The third-order valence-electron chi connectivity index (χ3n) is 8.25. The number of nitrogens with one attached hydrogen (secondary N) is 3. The maximum Gasteiger partial charge on any atom is 0.243 e. The predicted molar refractivity (Wildman–Crippen MR) is 163 cm³/mol. The van der Waals surface area contributed by atoms with Crippen LogP contribution in [-0.4, -0.2) is 106 Å². The first-order chi connectivity index (χ1) is 20.8. The summed E-state index contributed by atoms with van der Waals surface area (Å²) in [4.78, 5) is 55.1. The van der Waals surface area contributed by atoms with Crippen molar-refractivity contribution in [1.82, 2.24) is 20.9 Å². The number of carbonyl (C=O) groups is 4. The van der Waals surface area contributed by atoms with E-state index in [1.165, 1.54) is 19.1 Å². The summed E-state index contributed by atoms with van der Waals surface area (Å²) in [5.41, 5.74) is 0.761. The van der Waals surface area contributed by atoms with E-state index in [1.807, 2.05) is 4.90 Å². The number of benzene rings is 1. The zero-order valence-corrected chi connectivity index (χ0v) is 26.5. The second-order valence-corrected chi connectivity index (χ2v) is 14.1. The molecule has 2 heterocycles. The van der Waals surface area contributed by atoms with E-state index in [-0.39, 0.29) is 36.2 Å². The predicted octanol–water partition coefficient (Wildman–Crippen LogP) is 0.688. The SMILES string of the molecule is C[C@H](NC(=O)CN1CCOCC1)C(=O)N[C@@H](Cc1ccc(S(C)(=O)=O)cc1)C(=O)N[C@@H](CC1=CCCCC1)C(=O)[C@@]1(C)CO1. The Kier molecular flexibility index (Phi) is 11.3. The van der Waals surface area contributed by atoms with Gasteiger partial charge in [0.05, 0.1) is 37.3 Å². The number of epoxide rings is 1. The van der Waals surface area contributed by atoms with Crippen LogP contribution in [0.1, 0.15) is 51.5 Å². The number of Topliss-reactive ketones (excluding diaryl/α,β-unsaturated/α-hetero) is 1. The van der Waals surface area contributed by atoms with Crippen molar-refractivity contribution in [3.63, 3.8) is 0 Å². The topological polar surface area (TPSA) is 164 Å². The molecule has 1 aromatic carbocycles. The molecule has 4 rings (SSSR count). The number of allylic oxidation sites excluding steroid dienone is 1. The largest absolute Gasteiger partial charge is 0.379 e. The number of ether oxygens (including phenoxy) is 2. The van der Waals surface area contributed by atoms with Crippen molar-refractivity contribution in [3.05, 3.63) is 41.5 Å². The Hall–Kier alpha value is -3.13. The summed E-state index contributed by atoms with van der Waals surface area (Å²) in [5, 5.41) is 8.32. The average molecular weight is 633 g/mol. The maximum atomic E-state index is 13.8. The standard InChI is InChI=1S/C31H44N4O8S/c1-21(32-27(36)19-35-13-15-42-16-14-35)29(38)34-26(18-23-9-11-24(12-10-23)44(3,40)41)30(39)33-25(28(37)31(2)20-43-31)17-22-7-5-4-6-8-22/h7,9-12,21,25-26H,4-6,8,13-20H2,1-3H3,(H,32,36)(H,33,39)(H,34,38)/t21-,25-,26-,31+/m0/s1. The molecule has 0 spiro atoms. The lowest BCUT2D eigenvalue weighted by Crippen LogP contribution is -2.57. The highest BCUT2D eigenvalue weighted by molar-refractivity contribution is 7.90. The number of morpholine rings is 1. The molecule has 2 saturated heterocycles. The Morgan fingerprint density at radius 2 is 1.61 bits per heavy atom. The van der Waals surface area contributed by atoms with Gasteiger partial charge < -0.3 is 25.4 Å². The van der Waals surface area contributed by atoms with Gasteiger partial charge in [-0.05, 0) is 63.6 Å². The molecule has 242 valence electrons. The normalized spacial score (nSPS) is 22.6. The zero-order chi connectivity index (χ0) is 31.9. The molecule has 2 fully saturated rings. The number of sulfone groups is 1. The molecular weight excluding hydrogens is 588 g/mol.